The fourth-order valence-corrected chi connectivity index (χ4v) is 2.16. The summed E-state index contributed by atoms with van der Waals surface area (Å²) >= 11 is 0. The van der Waals surface area contributed by atoms with Gasteiger partial charge in [-0.3, -0.25) is 4.79 Å². The van der Waals surface area contributed by atoms with Gasteiger partial charge in [-0.25, -0.2) is 0 Å². The topological polar surface area (TPSA) is 77.3 Å². The van der Waals surface area contributed by atoms with Gasteiger partial charge in [0, 0.05) is 10.9 Å². The van der Waals surface area contributed by atoms with Gasteiger partial charge >= 0.3 is 0 Å². The van der Waals surface area contributed by atoms with E-state index < -0.39 is 5.91 Å². The second kappa shape index (κ2) is 5.20. The standard InChI is InChI=1S/C16H14N2O3/c1-20-10-6-8-11(9-7-10)21-15-12-4-2-3-5-13(12)18-14(15)16(17)19/h2-9,18H,1H3,(H2,17,19). The predicted molar refractivity (Wildman–Crippen MR) is 79.9 cm³/mol. The number of aromatic nitrogens is 1. The Morgan fingerprint density at radius 3 is 2.38 bits per heavy atom. The van der Waals surface area contributed by atoms with Crippen molar-refractivity contribution in [1.29, 1.82) is 0 Å². The van der Waals surface area contributed by atoms with E-state index in [4.69, 9.17) is 15.2 Å². The van der Waals surface area contributed by atoms with Gasteiger partial charge in [0.15, 0.2) is 5.75 Å². The van der Waals surface area contributed by atoms with Crippen LogP contribution in [0.5, 0.6) is 17.2 Å². The summed E-state index contributed by atoms with van der Waals surface area (Å²) < 4.78 is 10.9. The summed E-state index contributed by atoms with van der Waals surface area (Å²) in [6, 6.07) is 14.6. The number of ether oxygens (including phenoxy) is 2. The molecule has 0 radical (unpaired) electrons. The van der Waals surface area contributed by atoms with Gasteiger partial charge in [0.1, 0.15) is 17.2 Å². The molecule has 3 aromatic rings. The monoisotopic (exact) mass is 282 g/mol. The van der Waals surface area contributed by atoms with Crippen LogP contribution >= 0.6 is 0 Å². The van der Waals surface area contributed by atoms with Crippen LogP contribution in [0.25, 0.3) is 10.9 Å². The fourth-order valence-electron chi connectivity index (χ4n) is 2.16. The first-order valence-corrected chi connectivity index (χ1v) is 6.41. The predicted octanol–water partition coefficient (Wildman–Crippen LogP) is 3.07. The molecule has 106 valence electrons. The molecular weight excluding hydrogens is 268 g/mol. The van der Waals surface area contributed by atoms with Crippen molar-refractivity contribution in [2.75, 3.05) is 7.11 Å². The summed E-state index contributed by atoms with van der Waals surface area (Å²) in [7, 11) is 1.60. The normalized spacial score (nSPS) is 10.5. The molecule has 3 rings (SSSR count). The summed E-state index contributed by atoms with van der Waals surface area (Å²) in [5, 5.41) is 0.808. The van der Waals surface area contributed by atoms with E-state index in [1.165, 1.54) is 0 Å². The molecule has 0 fully saturated rings. The zero-order valence-electron chi connectivity index (χ0n) is 11.4. The molecule has 0 atom stereocenters. The lowest BCUT2D eigenvalue weighted by molar-refractivity contribution is 0.0994. The van der Waals surface area contributed by atoms with Crippen molar-refractivity contribution in [3.05, 3.63) is 54.2 Å². The molecule has 0 unspecified atom stereocenters. The maximum atomic E-state index is 11.6. The molecule has 0 aliphatic rings. The van der Waals surface area contributed by atoms with E-state index in [-0.39, 0.29) is 5.69 Å². The van der Waals surface area contributed by atoms with Crippen LogP contribution in [0, 0.1) is 0 Å². The van der Waals surface area contributed by atoms with Crippen molar-refractivity contribution in [3.8, 4) is 17.2 Å². The first-order valence-electron chi connectivity index (χ1n) is 6.41. The number of fused-ring (bicyclic) bond motifs is 1. The average molecular weight is 282 g/mol. The van der Waals surface area contributed by atoms with Crippen molar-refractivity contribution < 1.29 is 14.3 Å². The molecule has 0 aliphatic heterocycles. The summed E-state index contributed by atoms with van der Waals surface area (Å²) in [6.45, 7) is 0. The van der Waals surface area contributed by atoms with Crippen LogP contribution in [0.1, 0.15) is 10.5 Å². The Morgan fingerprint density at radius 1 is 1.05 bits per heavy atom. The van der Waals surface area contributed by atoms with Crippen molar-refractivity contribution >= 4 is 16.8 Å². The number of aromatic amines is 1. The van der Waals surface area contributed by atoms with E-state index in [1.807, 2.05) is 24.3 Å². The van der Waals surface area contributed by atoms with E-state index in [2.05, 4.69) is 4.98 Å². The molecule has 5 heteroatoms. The van der Waals surface area contributed by atoms with Crippen molar-refractivity contribution in [3.63, 3.8) is 0 Å². The van der Waals surface area contributed by atoms with E-state index >= 15 is 0 Å². The Hall–Kier alpha value is -2.95. The van der Waals surface area contributed by atoms with E-state index in [0.29, 0.717) is 11.5 Å². The van der Waals surface area contributed by atoms with Gasteiger partial charge in [-0.05, 0) is 36.4 Å². The lowest BCUT2D eigenvalue weighted by atomic mass is 10.2. The second-order valence-electron chi connectivity index (χ2n) is 4.52. The molecule has 0 aliphatic carbocycles. The molecule has 21 heavy (non-hydrogen) atoms. The van der Waals surface area contributed by atoms with Gasteiger partial charge < -0.3 is 20.2 Å². The number of rotatable bonds is 4. The number of carbonyl (C=O) groups excluding carboxylic acids is 1. The highest BCUT2D eigenvalue weighted by molar-refractivity contribution is 6.02. The number of amides is 1. The minimum atomic E-state index is -0.560. The number of hydrogen-bond acceptors (Lipinski definition) is 3. The Bertz CT molecular complexity index is 791. The molecule has 0 spiro atoms. The quantitative estimate of drug-likeness (QED) is 0.772. The minimum absolute atomic E-state index is 0.256. The van der Waals surface area contributed by atoms with Crippen molar-refractivity contribution in [1.82, 2.24) is 4.98 Å². The third-order valence-corrected chi connectivity index (χ3v) is 3.18. The van der Waals surface area contributed by atoms with Crippen LogP contribution in [-0.2, 0) is 0 Å². The van der Waals surface area contributed by atoms with Crippen LogP contribution in [0.2, 0.25) is 0 Å². The number of carbonyl (C=O) groups is 1. The van der Waals surface area contributed by atoms with Gasteiger partial charge in [0.2, 0.25) is 0 Å². The number of benzene rings is 2. The summed E-state index contributed by atoms with van der Waals surface area (Å²) in [5.74, 6) is 1.21. The number of nitrogens with two attached hydrogens (primary N) is 1. The van der Waals surface area contributed by atoms with Crippen LogP contribution in [0.3, 0.4) is 0 Å². The van der Waals surface area contributed by atoms with E-state index in [0.717, 1.165) is 16.7 Å². The second-order valence-corrected chi connectivity index (χ2v) is 4.52. The Balaban J connectivity index is 2.05. The third kappa shape index (κ3) is 2.41. The van der Waals surface area contributed by atoms with Crippen LogP contribution in [0.4, 0.5) is 0 Å². The SMILES string of the molecule is COc1ccc(Oc2c(C(N)=O)[nH]c3ccccc23)cc1. The molecular formula is C16H14N2O3. The maximum Gasteiger partial charge on any atom is 0.269 e. The molecule has 2 aromatic carbocycles. The number of hydrogen-bond donors (Lipinski definition) is 2. The zero-order chi connectivity index (χ0) is 14.8. The number of nitrogens with one attached hydrogen (secondary N) is 1. The molecule has 0 saturated carbocycles. The maximum absolute atomic E-state index is 11.6. The van der Waals surface area contributed by atoms with Crippen LogP contribution in [0.15, 0.2) is 48.5 Å². The smallest absolute Gasteiger partial charge is 0.269 e. The van der Waals surface area contributed by atoms with E-state index in [1.54, 1.807) is 31.4 Å². The molecule has 1 amide bonds. The zero-order valence-corrected chi connectivity index (χ0v) is 11.4. The molecule has 1 heterocycles. The Kier molecular flexibility index (Phi) is 3.23. The summed E-state index contributed by atoms with van der Waals surface area (Å²) in [4.78, 5) is 14.6. The Labute approximate surface area is 121 Å². The molecule has 0 bridgehead atoms. The van der Waals surface area contributed by atoms with Gasteiger partial charge in [-0.1, -0.05) is 12.1 Å². The number of primary amides is 1. The first-order chi connectivity index (χ1) is 10.2. The lowest BCUT2D eigenvalue weighted by Crippen LogP contribution is -2.12. The molecule has 5 nitrogen and oxygen atoms in total. The first kappa shape index (κ1) is 13.1. The van der Waals surface area contributed by atoms with Crippen LogP contribution in [-0.4, -0.2) is 18.0 Å². The van der Waals surface area contributed by atoms with Crippen LogP contribution < -0.4 is 15.2 Å². The highest BCUT2D eigenvalue weighted by atomic mass is 16.5. The molecule has 3 N–H and O–H groups in total. The van der Waals surface area contributed by atoms with Crippen molar-refractivity contribution in [2.45, 2.75) is 0 Å². The fraction of sp³-hybridized carbons (Fsp3) is 0.0625. The van der Waals surface area contributed by atoms with Gasteiger partial charge in [-0.15, -0.1) is 0 Å². The highest BCUT2D eigenvalue weighted by Crippen LogP contribution is 2.34. The molecule has 1 aromatic heterocycles. The summed E-state index contributed by atoms with van der Waals surface area (Å²) in [6.07, 6.45) is 0. The Morgan fingerprint density at radius 2 is 1.71 bits per heavy atom. The molecule has 0 saturated heterocycles. The lowest BCUT2D eigenvalue weighted by Gasteiger charge is -2.07. The highest BCUT2D eigenvalue weighted by Gasteiger charge is 2.17. The third-order valence-electron chi connectivity index (χ3n) is 3.18. The number of H-pyrrole nitrogens is 1. The number of para-hydroxylation sites is 1. The van der Waals surface area contributed by atoms with E-state index in [9.17, 15) is 4.79 Å². The van der Waals surface area contributed by atoms with Gasteiger partial charge in [-0.2, -0.15) is 0 Å². The largest absolute Gasteiger partial charge is 0.497 e. The average Bonchev–Trinajstić information content (AvgIpc) is 2.87. The van der Waals surface area contributed by atoms with Crippen molar-refractivity contribution in [2.24, 2.45) is 5.73 Å². The summed E-state index contributed by atoms with van der Waals surface area (Å²) in [5.41, 5.74) is 6.46. The number of methoxy groups -OCH3 is 1. The minimum Gasteiger partial charge on any atom is -0.497 e. The van der Waals surface area contributed by atoms with Gasteiger partial charge in [0.05, 0.1) is 7.11 Å². The van der Waals surface area contributed by atoms with Gasteiger partial charge in [0.25, 0.3) is 5.91 Å².